The lowest BCUT2D eigenvalue weighted by atomic mass is 10.0. The Morgan fingerprint density at radius 3 is 2.03 bits per heavy atom. The first-order valence-corrected chi connectivity index (χ1v) is 10.9. The molecule has 0 amide bonds. The van der Waals surface area contributed by atoms with Gasteiger partial charge in [-0.2, -0.15) is 0 Å². The van der Waals surface area contributed by atoms with Crippen molar-refractivity contribution in [3.8, 4) is 22.5 Å². The number of aromatic nitrogens is 2. The lowest BCUT2D eigenvalue weighted by Crippen LogP contribution is -1.95. The van der Waals surface area contributed by atoms with Crippen LogP contribution in [-0.4, -0.2) is 9.97 Å². The van der Waals surface area contributed by atoms with E-state index in [1.807, 2.05) is 24.5 Å². The Hall–Kier alpha value is -2.55. The van der Waals surface area contributed by atoms with Gasteiger partial charge in [-0.1, -0.05) is 75.9 Å². The molecule has 152 valence electrons. The van der Waals surface area contributed by atoms with Gasteiger partial charge in [0.25, 0.3) is 0 Å². The molecule has 0 aliphatic rings. The van der Waals surface area contributed by atoms with E-state index in [0.29, 0.717) is 5.82 Å². The average molecular weight is 391 g/mol. The van der Waals surface area contributed by atoms with Crippen LogP contribution in [0.3, 0.4) is 0 Å². The van der Waals surface area contributed by atoms with Crippen LogP contribution in [0.15, 0.2) is 54.9 Å². The topological polar surface area (TPSA) is 25.8 Å². The fourth-order valence-corrected chi connectivity index (χ4v) is 3.50. The van der Waals surface area contributed by atoms with Gasteiger partial charge in [0.2, 0.25) is 0 Å². The van der Waals surface area contributed by atoms with Gasteiger partial charge in [0.15, 0.2) is 5.82 Å². The summed E-state index contributed by atoms with van der Waals surface area (Å²) in [5.41, 5.74) is 4.94. The van der Waals surface area contributed by atoms with E-state index in [1.165, 1.54) is 31.2 Å². The number of aryl methyl sites for hydroxylation is 2. The van der Waals surface area contributed by atoms with Crippen molar-refractivity contribution in [2.75, 3.05) is 0 Å². The molecule has 2 nitrogen and oxygen atoms in total. The highest BCUT2D eigenvalue weighted by molar-refractivity contribution is 5.64. The number of rotatable bonds is 10. The van der Waals surface area contributed by atoms with Crippen molar-refractivity contribution in [3.05, 3.63) is 71.8 Å². The van der Waals surface area contributed by atoms with E-state index in [0.717, 1.165) is 47.9 Å². The molecule has 29 heavy (non-hydrogen) atoms. The molecule has 0 bridgehead atoms. The maximum absolute atomic E-state index is 14.5. The van der Waals surface area contributed by atoms with E-state index in [9.17, 15) is 4.39 Å². The summed E-state index contributed by atoms with van der Waals surface area (Å²) in [7, 11) is 0. The molecule has 3 aromatic rings. The van der Waals surface area contributed by atoms with Crippen molar-refractivity contribution in [2.24, 2.45) is 0 Å². The van der Waals surface area contributed by atoms with Crippen LogP contribution >= 0.6 is 0 Å². The van der Waals surface area contributed by atoms with Crippen molar-refractivity contribution >= 4 is 0 Å². The average Bonchev–Trinajstić information content (AvgIpc) is 2.76. The molecule has 0 spiro atoms. The lowest BCUT2D eigenvalue weighted by molar-refractivity contribution is 0.594. The molecule has 0 fully saturated rings. The third-order valence-corrected chi connectivity index (χ3v) is 5.37. The second kappa shape index (κ2) is 10.8. The fraction of sp³-hybridized carbons (Fsp3) is 0.385. The number of benzene rings is 2. The number of nitrogens with zero attached hydrogens (tertiary/aromatic N) is 2. The Morgan fingerprint density at radius 1 is 0.690 bits per heavy atom. The molecule has 1 heterocycles. The van der Waals surface area contributed by atoms with E-state index < -0.39 is 0 Å². The van der Waals surface area contributed by atoms with Crippen molar-refractivity contribution in [3.63, 3.8) is 0 Å². The first-order valence-electron chi connectivity index (χ1n) is 10.9. The Balaban J connectivity index is 1.67. The van der Waals surface area contributed by atoms with Crippen LogP contribution in [0.2, 0.25) is 0 Å². The molecule has 0 unspecified atom stereocenters. The summed E-state index contributed by atoms with van der Waals surface area (Å²) in [6.07, 6.45) is 12.6. The van der Waals surface area contributed by atoms with Crippen LogP contribution in [0, 0.1) is 5.82 Å². The number of halogens is 1. The zero-order valence-corrected chi connectivity index (χ0v) is 17.6. The number of hydrogen-bond donors (Lipinski definition) is 0. The first kappa shape index (κ1) is 21.2. The zero-order valence-electron chi connectivity index (χ0n) is 17.6. The maximum atomic E-state index is 14.5. The summed E-state index contributed by atoms with van der Waals surface area (Å²) < 4.78 is 14.5. The molecule has 0 atom stereocenters. The maximum Gasteiger partial charge on any atom is 0.159 e. The first-order chi connectivity index (χ1) is 14.2. The summed E-state index contributed by atoms with van der Waals surface area (Å²) in [4.78, 5) is 8.95. The molecule has 0 aliphatic heterocycles. The van der Waals surface area contributed by atoms with Gasteiger partial charge in [-0.25, -0.2) is 14.4 Å². The van der Waals surface area contributed by atoms with Gasteiger partial charge >= 0.3 is 0 Å². The van der Waals surface area contributed by atoms with Crippen molar-refractivity contribution in [2.45, 2.75) is 65.2 Å². The van der Waals surface area contributed by atoms with Gasteiger partial charge in [-0.3, -0.25) is 0 Å². The summed E-state index contributed by atoms with van der Waals surface area (Å²) in [5, 5.41) is 0. The summed E-state index contributed by atoms with van der Waals surface area (Å²) >= 11 is 0. The molecule has 0 saturated carbocycles. The minimum atomic E-state index is -0.158. The monoisotopic (exact) mass is 390 g/mol. The minimum absolute atomic E-state index is 0.158. The molecule has 3 rings (SSSR count). The van der Waals surface area contributed by atoms with Gasteiger partial charge < -0.3 is 0 Å². The van der Waals surface area contributed by atoms with E-state index in [1.54, 1.807) is 6.07 Å². The van der Waals surface area contributed by atoms with Crippen molar-refractivity contribution in [1.82, 2.24) is 9.97 Å². The quantitative estimate of drug-likeness (QED) is 0.337. The predicted molar refractivity (Wildman–Crippen MR) is 119 cm³/mol. The second-order valence-corrected chi connectivity index (χ2v) is 7.71. The molecular formula is C26H31FN2. The van der Waals surface area contributed by atoms with E-state index in [4.69, 9.17) is 0 Å². The third-order valence-electron chi connectivity index (χ3n) is 5.37. The number of unbranched alkanes of at least 4 members (excludes halogenated alkanes) is 4. The van der Waals surface area contributed by atoms with Crippen LogP contribution in [0.1, 0.15) is 63.5 Å². The van der Waals surface area contributed by atoms with E-state index >= 15 is 0 Å². The summed E-state index contributed by atoms with van der Waals surface area (Å²) in [6.45, 7) is 4.39. The molecule has 0 saturated heterocycles. The minimum Gasteiger partial charge on any atom is -0.236 e. The highest BCUT2D eigenvalue weighted by Gasteiger charge is 2.08. The molecule has 1 aromatic heterocycles. The molecular weight excluding hydrogens is 359 g/mol. The highest BCUT2D eigenvalue weighted by atomic mass is 19.1. The van der Waals surface area contributed by atoms with Crippen LogP contribution < -0.4 is 0 Å². The summed E-state index contributed by atoms with van der Waals surface area (Å²) in [5.74, 6) is 0.402. The third kappa shape index (κ3) is 5.96. The lowest BCUT2D eigenvalue weighted by Gasteiger charge is -2.07. The van der Waals surface area contributed by atoms with Crippen LogP contribution in [0.25, 0.3) is 22.5 Å². The second-order valence-electron chi connectivity index (χ2n) is 7.71. The van der Waals surface area contributed by atoms with Crippen LogP contribution in [0.4, 0.5) is 4.39 Å². The Labute approximate surface area is 174 Å². The van der Waals surface area contributed by atoms with Crippen molar-refractivity contribution < 1.29 is 4.39 Å². The Morgan fingerprint density at radius 2 is 1.38 bits per heavy atom. The van der Waals surface area contributed by atoms with Gasteiger partial charge in [0.05, 0.1) is 0 Å². The molecule has 2 aromatic carbocycles. The molecule has 3 heteroatoms. The molecule has 0 radical (unpaired) electrons. The largest absolute Gasteiger partial charge is 0.236 e. The van der Waals surface area contributed by atoms with Gasteiger partial charge in [0, 0.05) is 23.5 Å². The van der Waals surface area contributed by atoms with Gasteiger partial charge in [-0.05, 0) is 48.4 Å². The molecule has 0 aliphatic carbocycles. The smallest absolute Gasteiger partial charge is 0.159 e. The highest BCUT2D eigenvalue weighted by Crippen LogP contribution is 2.23. The Kier molecular flexibility index (Phi) is 7.92. The summed E-state index contributed by atoms with van der Waals surface area (Å²) in [6, 6.07) is 14.0. The zero-order chi connectivity index (χ0) is 20.5. The van der Waals surface area contributed by atoms with Crippen LogP contribution in [0.5, 0.6) is 0 Å². The van der Waals surface area contributed by atoms with Gasteiger partial charge in [-0.15, -0.1) is 0 Å². The fourth-order valence-electron chi connectivity index (χ4n) is 3.50. The SMILES string of the molecule is CCCCCCc1ccc(-c2ncc(-c3ccc(CCCC)cc3)cn2)cc1F. The Bertz CT molecular complexity index is 886. The predicted octanol–water partition coefficient (Wildman–Crippen LogP) is 7.42. The molecule has 0 N–H and O–H groups in total. The van der Waals surface area contributed by atoms with E-state index in [2.05, 4.69) is 48.1 Å². The van der Waals surface area contributed by atoms with Crippen molar-refractivity contribution in [1.29, 1.82) is 0 Å². The normalized spacial score (nSPS) is 11.0. The standard InChI is InChI=1S/C26H31FN2/c1-3-5-7-8-10-22-15-16-23(17-25(22)27)26-28-18-24(19-29-26)21-13-11-20(12-14-21)9-6-4-2/h11-19H,3-10H2,1-2H3. The van der Waals surface area contributed by atoms with Crippen LogP contribution in [-0.2, 0) is 12.8 Å². The van der Waals surface area contributed by atoms with Gasteiger partial charge in [0.1, 0.15) is 5.82 Å². The number of hydrogen-bond acceptors (Lipinski definition) is 2. The van der Waals surface area contributed by atoms with E-state index in [-0.39, 0.29) is 5.82 Å².